The predicted octanol–water partition coefficient (Wildman–Crippen LogP) is 4.10. The summed E-state index contributed by atoms with van der Waals surface area (Å²) < 4.78 is 5.15. The summed E-state index contributed by atoms with van der Waals surface area (Å²) in [5, 5.41) is 13.7. The van der Waals surface area contributed by atoms with Crippen molar-refractivity contribution in [2.45, 2.75) is 51.9 Å². The summed E-state index contributed by atoms with van der Waals surface area (Å²) in [6.45, 7) is 1.90. The summed E-state index contributed by atoms with van der Waals surface area (Å²) >= 11 is 1.28. The fourth-order valence-corrected chi connectivity index (χ4v) is 3.84. The molecule has 1 amide bonds. The van der Waals surface area contributed by atoms with E-state index < -0.39 is 5.91 Å². The molecule has 24 heavy (non-hydrogen) atoms. The van der Waals surface area contributed by atoms with Crippen LogP contribution in [-0.4, -0.2) is 18.5 Å². The second-order valence-electron chi connectivity index (χ2n) is 6.29. The van der Waals surface area contributed by atoms with Crippen molar-refractivity contribution in [1.82, 2.24) is 0 Å². The van der Waals surface area contributed by atoms with Crippen molar-refractivity contribution >= 4 is 28.2 Å². The number of nitriles is 1. The molecule has 0 unspecified atom stereocenters. The number of carbonyl (C=O) groups excluding carboxylic acids is 2. The first-order valence-electron chi connectivity index (χ1n) is 8.58. The van der Waals surface area contributed by atoms with E-state index in [1.807, 2.05) is 6.07 Å². The number of hydrogen-bond acceptors (Lipinski definition) is 5. The zero-order chi connectivity index (χ0) is 17.4. The van der Waals surface area contributed by atoms with Gasteiger partial charge in [0.05, 0.1) is 11.5 Å². The molecule has 5 nitrogen and oxygen atoms in total. The average Bonchev–Trinajstić information content (AvgIpc) is 3.05. The number of unbranched alkanes of at least 4 members (excludes halogenated alkanes) is 1. The maximum absolute atomic E-state index is 12.1. The minimum atomic E-state index is -0.404. The molecule has 1 heterocycles. The molecule has 1 fully saturated rings. The highest BCUT2D eigenvalue weighted by Gasteiger charge is 2.27. The molecule has 0 saturated heterocycles. The Morgan fingerprint density at radius 3 is 2.79 bits per heavy atom. The number of nitrogens with one attached hydrogen (secondary N) is 1. The van der Waals surface area contributed by atoms with E-state index in [9.17, 15) is 9.59 Å². The van der Waals surface area contributed by atoms with Crippen LogP contribution in [0.15, 0.2) is 11.4 Å². The minimum absolute atomic E-state index is 0.0768. The molecule has 2 rings (SSSR count). The lowest BCUT2D eigenvalue weighted by Crippen LogP contribution is -2.27. The fourth-order valence-electron chi connectivity index (χ4n) is 3.09. The molecule has 130 valence electrons. The summed E-state index contributed by atoms with van der Waals surface area (Å²) in [5.74, 6) is -0.0164. The number of esters is 1. The number of anilines is 1. The Hall–Kier alpha value is -1.87. The lowest BCUT2D eigenvalue weighted by atomic mass is 9.80. The van der Waals surface area contributed by atoms with Gasteiger partial charge in [0.1, 0.15) is 11.1 Å². The summed E-state index contributed by atoms with van der Waals surface area (Å²) in [7, 11) is 0. The molecule has 1 saturated carbocycles. The molecule has 6 heteroatoms. The number of carbonyl (C=O) groups is 2. The first-order chi connectivity index (χ1) is 11.6. The smallest absolute Gasteiger partial charge is 0.309 e. The maximum Gasteiger partial charge on any atom is 0.309 e. The summed E-state index contributed by atoms with van der Waals surface area (Å²) in [6, 6.07) is 3.65. The lowest BCUT2D eigenvalue weighted by molar-refractivity contribution is -0.152. The van der Waals surface area contributed by atoms with Gasteiger partial charge in [0, 0.05) is 0 Å². The standard InChI is InChI=1S/C18H24N2O3S/c1-2-3-4-13-5-7-14(8-6-13)18(22)23-12-16(21)20-17-15(11-19)9-10-24-17/h9-10,13-14H,2-8,12H2,1H3,(H,20,21). The molecule has 0 radical (unpaired) electrons. The Bertz CT molecular complexity index is 598. The highest BCUT2D eigenvalue weighted by atomic mass is 32.1. The number of hydrogen-bond donors (Lipinski definition) is 1. The second-order valence-corrected chi connectivity index (χ2v) is 7.21. The summed E-state index contributed by atoms with van der Waals surface area (Å²) in [4.78, 5) is 23.9. The van der Waals surface area contributed by atoms with Crippen molar-refractivity contribution in [1.29, 1.82) is 5.26 Å². The van der Waals surface area contributed by atoms with Gasteiger partial charge in [-0.25, -0.2) is 0 Å². The normalized spacial score (nSPS) is 20.2. The summed E-state index contributed by atoms with van der Waals surface area (Å²) in [5.41, 5.74) is 0.421. The van der Waals surface area contributed by atoms with Gasteiger partial charge in [0.15, 0.2) is 6.61 Å². The Morgan fingerprint density at radius 1 is 1.38 bits per heavy atom. The molecule has 1 aliphatic rings. The van der Waals surface area contributed by atoms with Crippen LogP contribution in [0.5, 0.6) is 0 Å². The van der Waals surface area contributed by atoms with Crippen LogP contribution in [0.4, 0.5) is 5.00 Å². The van der Waals surface area contributed by atoms with Crippen LogP contribution in [0.25, 0.3) is 0 Å². The molecule has 0 atom stereocenters. The molecular formula is C18H24N2O3S. The average molecular weight is 348 g/mol. The van der Waals surface area contributed by atoms with E-state index in [0.717, 1.165) is 31.6 Å². The van der Waals surface area contributed by atoms with Gasteiger partial charge in [-0.2, -0.15) is 5.26 Å². The van der Waals surface area contributed by atoms with Crippen LogP contribution in [0.1, 0.15) is 57.4 Å². The van der Waals surface area contributed by atoms with Crippen molar-refractivity contribution in [2.75, 3.05) is 11.9 Å². The first kappa shape index (κ1) is 18.5. The number of rotatable bonds is 7. The largest absolute Gasteiger partial charge is 0.455 e. The third-order valence-corrected chi connectivity index (χ3v) is 5.36. The molecule has 1 aliphatic carbocycles. The number of nitrogens with zero attached hydrogens (tertiary/aromatic N) is 1. The van der Waals surface area contributed by atoms with E-state index in [1.54, 1.807) is 11.4 Å². The zero-order valence-corrected chi connectivity index (χ0v) is 14.9. The number of ether oxygens (including phenoxy) is 1. The van der Waals surface area contributed by atoms with Gasteiger partial charge in [-0.05, 0) is 43.0 Å². The van der Waals surface area contributed by atoms with Crippen molar-refractivity contribution in [2.24, 2.45) is 11.8 Å². The Balaban J connectivity index is 1.70. The first-order valence-corrected chi connectivity index (χ1v) is 9.46. The van der Waals surface area contributed by atoms with Crippen LogP contribution >= 0.6 is 11.3 Å². The van der Waals surface area contributed by atoms with Gasteiger partial charge in [0.2, 0.25) is 0 Å². The maximum atomic E-state index is 12.1. The Labute approximate surface area is 147 Å². The van der Waals surface area contributed by atoms with Gasteiger partial charge >= 0.3 is 5.97 Å². The SMILES string of the molecule is CCCCC1CCC(C(=O)OCC(=O)Nc2sccc2C#N)CC1. The quantitative estimate of drug-likeness (QED) is 0.752. The molecule has 0 aromatic carbocycles. The van der Waals surface area contributed by atoms with Gasteiger partial charge in [-0.1, -0.05) is 26.2 Å². The monoisotopic (exact) mass is 348 g/mol. The molecule has 0 aliphatic heterocycles. The Morgan fingerprint density at radius 2 is 2.12 bits per heavy atom. The van der Waals surface area contributed by atoms with Crippen LogP contribution in [0.3, 0.4) is 0 Å². The molecule has 0 bridgehead atoms. The lowest BCUT2D eigenvalue weighted by Gasteiger charge is -2.27. The Kier molecular flexibility index (Phi) is 7.26. The third-order valence-electron chi connectivity index (χ3n) is 4.53. The molecule has 1 aromatic rings. The van der Waals surface area contributed by atoms with Crippen molar-refractivity contribution in [3.05, 3.63) is 17.0 Å². The van der Waals surface area contributed by atoms with Gasteiger partial charge in [-0.3, -0.25) is 9.59 Å². The van der Waals surface area contributed by atoms with E-state index in [1.165, 1.54) is 30.6 Å². The van der Waals surface area contributed by atoms with Gasteiger partial charge in [-0.15, -0.1) is 11.3 Å². The zero-order valence-electron chi connectivity index (χ0n) is 14.0. The van der Waals surface area contributed by atoms with E-state index in [-0.39, 0.29) is 18.5 Å². The summed E-state index contributed by atoms with van der Waals surface area (Å²) in [6.07, 6.45) is 7.60. The number of thiophene rings is 1. The van der Waals surface area contributed by atoms with Gasteiger partial charge < -0.3 is 10.1 Å². The molecule has 0 spiro atoms. The minimum Gasteiger partial charge on any atom is -0.455 e. The van der Waals surface area contributed by atoms with Crippen molar-refractivity contribution in [3.8, 4) is 6.07 Å². The van der Waals surface area contributed by atoms with Crippen LogP contribution < -0.4 is 5.32 Å². The molecule has 1 N–H and O–H groups in total. The molecule has 1 aromatic heterocycles. The second kappa shape index (κ2) is 9.43. The molecular weight excluding hydrogens is 324 g/mol. The predicted molar refractivity (Wildman–Crippen MR) is 93.6 cm³/mol. The number of amides is 1. The van der Waals surface area contributed by atoms with Crippen LogP contribution in [0.2, 0.25) is 0 Å². The van der Waals surface area contributed by atoms with Crippen molar-refractivity contribution < 1.29 is 14.3 Å². The van der Waals surface area contributed by atoms with Gasteiger partial charge in [0.25, 0.3) is 5.91 Å². The van der Waals surface area contributed by atoms with E-state index >= 15 is 0 Å². The van der Waals surface area contributed by atoms with E-state index in [2.05, 4.69) is 12.2 Å². The highest BCUT2D eigenvalue weighted by molar-refractivity contribution is 7.14. The van der Waals surface area contributed by atoms with E-state index in [4.69, 9.17) is 10.00 Å². The highest BCUT2D eigenvalue weighted by Crippen LogP contribution is 2.32. The van der Waals surface area contributed by atoms with Crippen LogP contribution in [-0.2, 0) is 14.3 Å². The van der Waals surface area contributed by atoms with Crippen LogP contribution in [0, 0.1) is 23.2 Å². The third kappa shape index (κ3) is 5.34. The topological polar surface area (TPSA) is 79.2 Å². The van der Waals surface area contributed by atoms with E-state index in [0.29, 0.717) is 10.6 Å². The van der Waals surface area contributed by atoms with Crippen molar-refractivity contribution in [3.63, 3.8) is 0 Å². The fraction of sp³-hybridized carbons (Fsp3) is 0.611.